The molecule has 0 N–H and O–H groups in total. The van der Waals surface area contributed by atoms with E-state index >= 15 is 0 Å². The monoisotopic (exact) mass is 223 g/mol. The lowest BCUT2D eigenvalue weighted by Gasteiger charge is -2.31. The molecule has 2 heterocycles. The van der Waals surface area contributed by atoms with Gasteiger partial charge in [0, 0.05) is 32.1 Å². The van der Waals surface area contributed by atoms with Gasteiger partial charge in [0.1, 0.15) is 6.33 Å². The van der Waals surface area contributed by atoms with Gasteiger partial charge in [0.25, 0.3) is 0 Å². The van der Waals surface area contributed by atoms with Crippen LogP contribution >= 0.6 is 0 Å². The minimum Gasteiger partial charge on any atom is -0.378 e. The van der Waals surface area contributed by atoms with Crippen molar-refractivity contribution in [3.63, 3.8) is 0 Å². The number of likely N-dealkylation sites (tertiary alicyclic amines) is 1. The van der Waals surface area contributed by atoms with E-state index in [1.54, 1.807) is 12.4 Å². The number of hydrogen-bond acceptors (Lipinski definition) is 3. The second-order valence-corrected chi connectivity index (χ2v) is 3.89. The summed E-state index contributed by atoms with van der Waals surface area (Å²) in [5.41, 5.74) is 0. The molecule has 1 aromatic heterocycles. The van der Waals surface area contributed by atoms with Gasteiger partial charge in [-0.25, -0.2) is 9.78 Å². The molecule has 0 unspecified atom stereocenters. The predicted molar refractivity (Wildman–Crippen MR) is 59.2 cm³/mol. The van der Waals surface area contributed by atoms with Crippen molar-refractivity contribution < 1.29 is 9.53 Å². The third kappa shape index (κ3) is 2.41. The molecule has 16 heavy (non-hydrogen) atoms. The number of aromatic nitrogens is 2. The van der Waals surface area contributed by atoms with E-state index in [4.69, 9.17) is 4.74 Å². The summed E-state index contributed by atoms with van der Waals surface area (Å²) in [5.74, 6) is 0. The predicted octanol–water partition coefficient (Wildman–Crippen LogP) is 1.35. The molecule has 1 aliphatic rings. The van der Waals surface area contributed by atoms with Gasteiger partial charge in [0.15, 0.2) is 0 Å². The van der Waals surface area contributed by atoms with Gasteiger partial charge in [0.2, 0.25) is 0 Å². The highest BCUT2D eigenvalue weighted by Crippen LogP contribution is 2.14. The average molecular weight is 223 g/mol. The molecule has 1 amide bonds. The van der Waals surface area contributed by atoms with Crippen LogP contribution in [-0.2, 0) is 4.74 Å². The van der Waals surface area contributed by atoms with Crippen molar-refractivity contribution in [3.8, 4) is 0 Å². The molecule has 0 spiro atoms. The molecular formula is C11H17N3O2. The molecule has 0 radical (unpaired) electrons. The first-order valence-corrected chi connectivity index (χ1v) is 5.70. The number of imidazole rings is 1. The van der Waals surface area contributed by atoms with Crippen LogP contribution in [0.2, 0.25) is 0 Å². The number of carbonyl (C=O) groups excluding carboxylic acids is 1. The smallest absolute Gasteiger partial charge is 0.329 e. The van der Waals surface area contributed by atoms with E-state index in [-0.39, 0.29) is 6.03 Å². The number of amides is 1. The van der Waals surface area contributed by atoms with Crippen molar-refractivity contribution in [2.75, 3.05) is 19.7 Å². The van der Waals surface area contributed by atoms with Crippen LogP contribution < -0.4 is 0 Å². The number of ether oxygens (including phenoxy) is 1. The van der Waals surface area contributed by atoms with E-state index in [2.05, 4.69) is 4.98 Å². The maximum Gasteiger partial charge on any atom is 0.329 e. The molecule has 88 valence electrons. The number of rotatable bonds is 2. The van der Waals surface area contributed by atoms with Gasteiger partial charge in [-0.05, 0) is 19.8 Å². The Morgan fingerprint density at radius 1 is 1.50 bits per heavy atom. The fraction of sp³-hybridized carbons (Fsp3) is 0.636. The Morgan fingerprint density at radius 3 is 2.81 bits per heavy atom. The van der Waals surface area contributed by atoms with Gasteiger partial charge in [0.05, 0.1) is 6.10 Å². The molecule has 0 aliphatic carbocycles. The van der Waals surface area contributed by atoms with Gasteiger partial charge in [-0.1, -0.05) is 0 Å². The van der Waals surface area contributed by atoms with E-state index in [1.807, 2.05) is 11.8 Å². The van der Waals surface area contributed by atoms with E-state index in [0.29, 0.717) is 6.10 Å². The molecule has 5 nitrogen and oxygen atoms in total. The van der Waals surface area contributed by atoms with Crippen LogP contribution in [0.15, 0.2) is 18.7 Å². The number of carbonyl (C=O) groups is 1. The average Bonchev–Trinajstić information content (AvgIpc) is 2.83. The Morgan fingerprint density at radius 2 is 2.25 bits per heavy atom. The van der Waals surface area contributed by atoms with Crippen LogP contribution in [0, 0.1) is 0 Å². The van der Waals surface area contributed by atoms with E-state index in [0.717, 1.165) is 32.5 Å². The molecule has 1 aliphatic heterocycles. The second kappa shape index (κ2) is 5.12. The van der Waals surface area contributed by atoms with Crippen LogP contribution in [0.25, 0.3) is 0 Å². The first kappa shape index (κ1) is 11.1. The Hall–Kier alpha value is -1.36. The lowest BCUT2D eigenvalue weighted by molar-refractivity contribution is 0.0221. The number of nitrogens with zero attached hydrogens (tertiary/aromatic N) is 3. The minimum atomic E-state index is 0.00690. The molecule has 0 aromatic carbocycles. The zero-order valence-electron chi connectivity index (χ0n) is 9.50. The maximum absolute atomic E-state index is 11.9. The zero-order chi connectivity index (χ0) is 11.4. The standard InChI is InChI=1S/C11H17N3O2/c1-2-16-10-3-6-13(7-4-10)11(15)14-8-5-12-9-14/h5,8-10H,2-4,6-7H2,1H3. The summed E-state index contributed by atoms with van der Waals surface area (Å²) < 4.78 is 7.06. The fourth-order valence-corrected chi connectivity index (χ4v) is 1.99. The van der Waals surface area contributed by atoms with Crippen LogP contribution in [0.3, 0.4) is 0 Å². The van der Waals surface area contributed by atoms with Crippen molar-refractivity contribution in [2.45, 2.75) is 25.9 Å². The fourth-order valence-electron chi connectivity index (χ4n) is 1.99. The number of hydrogen-bond donors (Lipinski definition) is 0. The largest absolute Gasteiger partial charge is 0.378 e. The van der Waals surface area contributed by atoms with Crippen LogP contribution in [0.4, 0.5) is 4.79 Å². The summed E-state index contributed by atoms with van der Waals surface area (Å²) in [6.45, 7) is 4.28. The molecule has 0 saturated carbocycles. The molecule has 1 saturated heterocycles. The zero-order valence-corrected chi connectivity index (χ0v) is 9.50. The normalized spacial score (nSPS) is 17.7. The van der Waals surface area contributed by atoms with Crippen molar-refractivity contribution in [1.29, 1.82) is 0 Å². The Labute approximate surface area is 95.0 Å². The van der Waals surface area contributed by atoms with Crippen LogP contribution in [-0.4, -0.2) is 46.3 Å². The maximum atomic E-state index is 11.9. The molecular weight excluding hydrogens is 206 g/mol. The first-order chi connectivity index (χ1) is 7.81. The van der Waals surface area contributed by atoms with Crippen molar-refractivity contribution >= 4 is 6.03 Å². The van der Waals surface area contributed by atoms with Crippen LogP contribution in [0.1, 0.15) is 19.8 Å². The van der Waals surface area contributed by atoms with Gasteiger partial charge >= 0.3 is 6.03 Å². The second-order valence-electron chi connectivity index (χ2n) is 3.89. The highest BCUT2D eigenvalue weighted by molar-refractivity contribution is 5.76. The Bertz CT molecular complexity index is 329. The van der Waals surface area contributed by atoms with Gasteiger partial charge in [-0.15, -0.1) is 0 Å². The highest BCUT2D eigenvalue weighted by Gasteiger charge is 2.23. The minimum absolute atomic E-state index is 0.00690. The van der Waals surface area contributed by atoms with E-state index in [9.17, 15) is 4.79 Å². The van der Waals surface area contributed by atoms with Gasteiger partial charge in [-0.3, -0.25) is 4.57 Å². The molecule has 0 atom stereocenters. The van der Waals surface area contributed by atoms with E-state index in [1.165, 1.54) is 10.9 Å². The van der Waals surface area contributed by atoms with Crippen molar-refractivity contribution in [1.82, 2.24) is 14.5 Å². The third-order valence-electron chi connectivity index (χ3n) is 2.84. The molecule has 5 heteroatoms. The first-order valence-electron chi connectivity index (χ1n) is 5.70. The van der Waals surface area contributed by atoms with Gasteiger partial charge < -0.3 is 9.64 Å². The quantitative estimate of drug-likeness (QED) is 0.760. The third-order valence-corrected chi connectivity index (χ3v) is 2.84. The van der Waals surface area contributed by atoms with Crippen molar-refractivity contribution in [2.24, 2.45) is 0 Å². The Balaban J connectivity index is 1.87. The molecule has 1 fully saturated rings. The molecule has 2 rings (SSSR count). The van der Waals surface area contributed by atoms with Crippen molar-refractivity contribution in [3.05, 3.63) is 18.7 Å². The highest BCUT2D eigenvalue weighted by atomic mass is 16.5. The molecule has 1 aromatic rings. The summed E-state index contributed by atoms with van der Waals surface area (Å²) in [6.07, 6.45) is 7.00. The molecule has 0 bridgehead atoms. The SMILES string of the molecule is CCOC1CCN(C(=O)n2ccnc2)CC1. The summed E-state index contributed by atoms with van der Waals surface area (Å²) in [4.78, 5) is 17.7. The number of piperidine rings is 1. The Kier molecular flexibility index (Phi) is 3.56. The van der Waals surface area contributed by atoms with Crippen LogP contribution in [0.5, 0.6) is 0 Å². The van der Waals surface area contributed by atoms with Gasteiger partial charge in [-0.2, -0.15) is 0 Å². The topological polar surface area (TPSA) is 47.4 Å². The summed E-state index contributed by atoms with van der Waals surface area (Å²) >= 11 is 0. The lowest BCUT2D eigenvalue weighted by Crippen LogP contribution is -2.42. The lowest BCUT2D eigenvalue weighted by atomic mass is 10.1. The summed E-state index contributed by atoms with van der Waals surface area (Å²) in [6, 6.07) is 0.00690. The summed E-state index contributed by atoms with van der Waals surface area (Å²) in [5, 5.41) is 0. The van der Waals surface area contributed by atoms with E-state index < -0.39 is 0 Å². The summed E-state index contributed by atoms with van der Waals surface area (Å²) in [7, 11) is 0.